The van der Waals surface area contributed by atoms with Crippen molar-refractivity contribution in [3.05, 3.63) is 51.8 Å². The number of carbonyl (C=O) groups excluding carboxylic acids is 1. The summed E-state index contributed by atoms with van der Waals surface area (Å²) in [7, 11) is 0. The van der Waals surface area contributed by atoms with Crippen LogP contribution in [-0.4, -0.2) is 15.6 Å². The van der Waals surface area contributed by atoms with Gasteiger partial charge in [-0.2, -0.15) is 5.10 Å². The molecule has 0 amide bonds. The first-order valence-corrected chi connectivity index (χ1v) is 6.87. The van der Waals surface area contributed by atoms with E-state index < -0.39 is 0 Å². The maximum atomic E-state index is 12.3. The zero-order chi connectivity index (χ0) is 13.8. The molecule has 0 aliphatic rings. The number of rotatable bonds is 5. The monoisotopic (exact) mass is 296 g/mol. The van der Waals surface area contributed by atoms with E-state index >= 15 is 0 Å². The van der Waals surface area contributed by atoms with Crippen molar-refractivity contribution in [1.29, 1.82) is 0 Å². The van der Waals surface area contributed by atoms with Crippen molar-refractivity contribution in [2.24, 2.45) is 0 Å². The van der Waals surface area contributed by atoms with Crippen LogP contribution in [0.4, 0.5) is 0 Å². The second-order valence-corrected chi connectivity index (χ2v) is 5.05. The van der Waals surface area contributed by atoms with Gasteiger partial charge in [-0.1, -0.05) is 36.2 Å². The third-order valence-corrected chi connectivity index (χ3v) is 3.54. The molecule has 19 heavy (non-hydrogen) atoms. The van der Waals surface area contributed by atoms with Crippen LogP contribution < -0.4 is 0 Å². The van der Waals surface area contributed by atoms with Gasteiger partial charge in [0.15, 0.2) is 5.78 Å². The first kappa shape index (κ1) is 14.1. The largest absolute Gasteiger partial charge is 0.292 e. The highest BCUT2D eigenvalue weighted by molar-refractivity contribution is 6.36. The zero-order valence-electron chi connectivity index (χ0n) is 10.6. The fourth-order valence-electron chi connectivity index (χ4n) is 1.91. The van der Waals surface area contributed by atoms with Crippen LogP contribution in [0.5, 0.6) is 0 Å². The summed E-state index contributed by atoms with van der Waals surface area (Å²) in [6.07, 6.45) is 2.75. The Balaban J connectivity index is 2.24. The molecule has 0 saturated carbocycles. The Morgan fingerprint density at radius 2 is 1.95 bits per heavy atom. The molecule has 0 N–H and O–H groups in total. The minimum atomic E-state index is -0.0269. The fourth-order valence-corrected chi connectivity index (χ4v) is 2.44. The maximum Gasteiger partial charge on any atom is 0.185 e. The van der Waals surface area contributed by atoms with Gasteiger partial charge in [-0.15, -0.1) is 0 Å². The van der Waals surface area contributed by atoms with Gasteiger partial charge in [0.25, 0.3) is 0 Å². The number of aromatic nitrogens is 2. The molecule has 5 heteroatoms. The molecule has 0 aliphatic heterocycles. The zero-order valence-corrected chi connectivity index (χ0v) is 12.1. The Hall–Kier alpha value is -1.32. The predicted octanol–water partition coefficient (Wildman–Crippen LogP) is 4.03. The van der Waals surface area contributed by atoms with Crippen LogP contribution in [0.3, 0.4) is 0 Å². The number of ketones is 1. The number of carbonyl (C=O) groups is 1. The van der Waals surface area contributed by atoms with Gasteiger partial charge in [0.2, 0.25) is 0 Å². The van der Waals surface area contributed by atoms with Crippen LogP contribution in [0.25, 0.3) is 0 Å². The SMILES string of the molecule is CCCn1nccc1C(=O)Cc1c(Cl)cccc1Cl. The first-order valence-electron chi connectivity index (χ1n) is 6.11. The lowest BCUT2D eigenvalue weighted by Crippen LogP contribution is -2.13. The predicted molar refractivity (Wildman–Crippen MR) is 77.0 cm³/mol. The van der Waals surface area contributed by atoms with Crippen molar-refractivity contribution in [2.45, 2.75) is 26.3 Å². The number of halogens is 2. The van der Waals surface area contributed by atoms with Crippen LogP contribution in [0.15, 0.2) is 30.5 Å². The van der Waals surface area contributed by atoms with Gasteiger partial charge in [0.1, 0.15) is 5.69 Å². The summed E-state index contributed by atoms with van der Waals surface area (Å²) in [5.41, 5.74) is 1.26. The van der Waals surface area contributed by atoms with Crippen LogP contribution in [0.1, 0.15) is 29.4 Å². The van der Waals surface area contributed by atoms with E-state index in [0.29, 0.717) is 21.3 Å². The van der Waals surface area contributed by atoms with Crippen LogP contribution >= 0.6 is 23.2 Å². The lowest BCUT2D eigenvalue weighted by atomic mass is 10.1. The maximum absolute atomic E-state index is 12.3. The quantitative estimate of drug-likeness (QED) is 0.781. The highest BCUT2D eigenvalue weighted by Gasteiger charge is 2.15. The summed E-state index contributed by atoms with van der Waals surface area (Å²) in [6, 6.07) is 6.96. The third kappa shape index (κ3) is 3.17. The molecular weight excluding hydrogens is 283 g/mol. The van der Waals surface area contributed by atoms with E-state index in [1.54, 1.807) is 35.1 Å². The summed E-state index contributed by atoms with van der Waals surface area (Å²) in [5.74, 6) is -0.0269. The average Bonchev–Trinajstić information content (AvgIpc) is 2.83. The first-order chi connectivity index (χ1) is 9.13. The molecule has 1 aromatic heterocycles. The highest BCUT2D eigenvalue weighted by atomic mass is 35.5. The van der Waals surface area contributed by atoms with Crippen molar-refractivity contribution in [1.82, 2.24) is 9.78 Å². The molecule has 100 valence electrons. The molecule has 0 fully saturated rings. The number of nitrogens with zero attached hydrogens (tertiary/aromatic N) is 2. The standard InChI is InChI=1S/C14H14Cl2N2O/c1-2-8-18-13(6-7-17-18)14(19)9-10-11(15)4-3-5-12(10)16/h3-7H,2,8-9H2,1H3. The van der Waals surface area contributed by atoms with Gasteiger partial charge in [0, 0.05) is 29.2 Å². The topological polar surface area (TPSA) is 34.9 Å². The fraction of sp³-hybridized carbons (Fsp3) is 0.286. The number of Topliss-reactive ketones (excluding diaryl/α,β-unsaturated/α-hetero) is 1. The van der Waals surface area contributed by atoms with Gasteiger partial charge >= 0.3 is 0 Å². The molecule has 0 spiro atoms. The average molecular weight is 297 g/mol. The highest BCUT2D eigenvalue weighted by Crippen LogP contribution is 2.25. The summed E-state index contributed by atoms with van der Waals surface area (Å²) in [4.78, 5) is 12.3. The smallest absolute Gasteiger partial charge is 0.185 e. The third-order valence-electron chi connectivity index (χ3n) is 2.84. The minimum Gasteiger partial charge on any atom is -0.292 e. The van der Waals surface area contributed by atoms with Gasteiger partial charge in [-0.3, -0.25) is 9.48 Å². The Morgan fingerprint density at radius 1 is 1.26 bits per heavy atom. The summed E-state index contributed by atoms with van der Waals surface area (Å²) in [6.45, 7) is 2.77. The van der Waals surface area contributed by atoms with E-state index in [9.17, 15) is 4.79 Å². The lowest BCUT2D eigenvalue weighted by molar-refractivity contribution is 0.0982. The Morgan fingerprint density at radius 3 is 2.58 bits per heavy atom. The molecule has 0 radical (unpaired) electrons. The van der Waals surface area contributed by atoms with E-state index in [1.807, 2.05) is 6.92 Å². The summed E-state index contributed by atoms with van der Waals surface area (Å²) < 4.78 is 1.72. The second-order valence-electron chi connectivity index (χ2n) is 4.24. The Labute approximate surface area is 122 Å². The number of aryl methyl sites for hydroxylation is 1. The van der Waals surface area contributed by atoms with Crippen molar-refractivity contribution in [3.63, 3.8) is 0 Å². The molecule has 2 rings (SSSR count). The van der Waals surface area contributed by atoms with Crippen LogP contribution in [-0.2, 0) is 13.0 Å². The van der Waals surface area contributed by atoms with Gasteiger partial charge in [0.05, 0.1) is 0 Å². The van der Waals surface area contributed by atoms with Crippen molar-refractivity contribution in [3.8, 4) is 0 Å². The second kappa shape index (κ2) is 6.22. The summed E-state index contributed by atoms with van der Waals surface area (Å²) >= 11 is 12.2. The van der Waals surface area contributed by atoms with Gasteiger partial charge in [-0.25, -0.2) is 0 Å². The normalized spacial score (nSPS) is 10.7. The molecular formula is C14H14Cl2N2O. The summed E-state index contributed by atoms with van der Waals surface area (Å²) in [5, 5.41) is 5.18. The minimum absolute atomic E-state index is 0.0269. The Kier molecular flexibility index (Phi) is 4.61. The molecule has 1 aromatic carbocycles. The molecule has 2 aromatic rings. The molecule has 3 nitrogen and oxygen atoms in total. The van der Waals surface area contributed by atoms with E-state index in [-0.39, 0.29) is 12.2 Å². The van der Waals surface area contributed by atoms with E-state index in [0.717, 1.165) is 13.0 Å². The molecule has 0 atom stereocenters. The number of hydrogen-bond donors (Lipinski definition) is 0. The number of hydrogen-bond acceptors (Lipinski definition) is 2. The van der Waals surface area contributed by atoms with Crippen LogP contribution in [0.2, 0.25) is 10.0 Å². The van der Waals surface area contributed by atoms with Crippen molar-refractivity contribution >= 4 is 29.0 Å². The van der Waals surface area contributed by atoms with Gasteiger partial charge in [-0.05, 0) is 30.2 Å². The van der Waals surface area contributed by atoms with Crippen molar-refractivity contribution < 1.29 is 4.79 Å². The van der Waals surface area contributed by atoms with Gasteiger partial charge < -0.3 is 0 Å². The Bertz CT molecular complexity index is 573. The lowest BCUT2D eigenvalue weighted by Gasteiger charge is -2.08. The molecule has 1 heterocycles. The van der Waals surface area contributed by atoms with E-state index in [1.165, 1.54) is 0 Å². The van der Waals surface area contributed by atoms with Crippen LogP contribution in [0, 0.1) is 0 Å². The molecule has 0 unspecified atom stereocenters. The molecule has 0 saturated heterocycles. The molecule has 0 bridgehead atoms. The molecule has 0 aliphatic carbocycles. The van der Waals surface area contributed by atoms with E-state index in [4.69, 9.17) is 23.2 Å². The number of benzene rings is 1. The van der Waals surface area contributed by atoms with E-state index in [2.05, 4.69) is 5.10 Å². The van der Waals surface area contributed by atoms with Crippen molar-refractivity contribution in [2.75, 3.05) is 0 Å².